The van der Waals surface area contributed by atoms with Gasteiger partial charge in [0.1, 0.15) is 39.4 Å². The van der Waals surface area contributed by atoms with E-state index in [1.54, 1.807) is 58.0 Å². The molecule has 0 fully saturated rings. The number of anilines is 2. The lowest BCUT2D eigenvalue weighted by Crippen LogP contribution is -2.20. The number of aromatic nitrogens is 7. The highest BCUT2D eigenvalue weighted by Gasteiger charge is 2.22. The first kappa shape index (κ1) is 38.3. The number of allylic oxidation sites excluding steroid dienone is 2. The van der Waals surface area contributed by atoms with E-state index in [4.69, 9.17) is 20.2 Å². The van der Waals surface area contributed by atoms with E-state index >= 15 is 0 Å². The number of benzene rings is 2. The van der Waals surface area contributed by atoms with E-state index in [0.717, 1.165) is 30.1 Å². The number of nitrogens with one attached hydrogen (secondary N) is 3. The minimum atomic E-state index is -0.658. The Morgan fingerprint density at radius 2 is 1.56 bits per heavy atom. The van der Waals surface area contributed by atoms with Crippen molar-refractivity contribution >= 4 is 69.5 Å². The molecule has 0 aliphatic carbocycles. The number of fused-ring (bicyclic) bond motifs is 2. The van der Waals surface area contributed by atoms with E-state index in [0.29, 0.717) is 75.0 Å². The summed E-state index contributed by atoms with van der Waals surface area (Å²) < 4.78 is 21.2. The molecule has 4 aromatic heterocycles. The largest absolute Gasteiger partial charge is 0.494 e. The van der Waals surface area contributed by atoms with E-state index in [1.807, 2.05) is 26.1 Å². The second-order valence-electron chi connectivity index (χ2n) is 12.5. The standard InChI is InChI=1S/C37H41N11O6S/c1-6-48-27(14-21(2)44-48)34(51)42-36-41-26-18-24(33(38)50)19-28(53-5)31(26)46(36)11-7-8-12-47-32-25(16-23(20-49)17-29(32)54-13-9-10-39-4)40-37(47)43-35(52)30-15-22(3)45-55-30/h7-8,14-20,39H,6,9-13H2,1-5H3,(H2,38,50)(H,40,43,52)(H,41,42,51)/b8-7+. The fraction of sp³-hybridized carbons (Fsp3) is 0.297. The Morgan fingerprint density at radius 1 is 0.891 bits per heavy atom. The quantitative estimate of drug-likeness (QED) is 0.0582. The van der Waals surface area contributed by atoms with E-state index < -0.39 is 11.8 Å². The Balaban J connectivity index is 1.38. The third kappa shape index (κ3) is 8.24. The van der Waals surface area contributed by atoms with Crippen LogP contribution in [0.3, 0.4) is 0 Å². The number of carbonyl (C=O) groups excluding carboxylic acids is 4. The van der Waals surface area contributed by atoms with Gasteiger partial charge in [-0.2, -0.15) is 9.47 Å². The third-order valence-corrected chi connectivity index (χ3v) is 9.46. The molecule has 18 heteroatoms. The molecule has 0 unspecified atom stereocenters. The van der Waals surface area contributed by atoms with E-state index in [1.165, 1.54) is 13.2 Å². The van der Waals surface area contributed by atoms with E-state index in [2.05, 4.69) is 30.4 Å². The molecule has 55 heavy (non-hydrogen) atoms. The van der Waals surface area contributed by atoms with Crippen molar-refractivity contribution < 1.29 is 28.7 Å². The molecule has 286 valence electrons. The number of carbonyl (C=O) groups is 4. The van der Waals surface area contributed by atoms with Crippen LogP contribution in [0.2, 0.25) is 0 Å². The van der Waals surface area contributed by atoms with Crippen molar-refractivity contribution in [3.63, 3.8) is 0 Å². The Labute approximate surface area is 319 Å². The molecule has 0 bridgehead atoms. The maximum Gasteiger partial charge on any atom is 0.276 e. The molecule has 4 heterocycles. The summed E-state index contributed by atoms with van der Waals surface area (Å²) in [6.45, 7) is 7.51. The fourth-order valence-electron chi connectivity index (χ4n) is 6.06. The summed E-state index contributed by atoms with van der Waals surface area (Å²) >= 11 is 1.08. The van der Waals surface area contributed by atoms with Crippen molar-refractivity contribution in [3.05, 3.63) is 81.6 Å². The molecule has 5 N–H and O–H groups in total. The second-order valence-corrected chi connectivity index (χ2v) is 13.3. The molecule has 3 amide bonds. The summed E-state index contributed by atoms with van der Waals surface area (Å²) in [6, 6.07) is 9.74. The first-order valence-electron chi connectivity index (χ1n) is 17.5. The van der Waals surface area contributed by atoms with Crippen LogP contribution >= 0.6 is 11.5 Å². The number of aldehydes is 1. The van der Waals surface area contributed by atoms with Crippen LogP contribution in [0.15, 0.2) is 48.6 Å². The smallest absolute Gasteiger partial charge is 0.276 e. The topological polar surface area (TPSA) is 215 Å². The lowest BCUT2D eigenvalue weighted by atomic mass is 10.1. The van der Waals surface area contributed by atoms with Gasteiger partial charge in [0.2, 0.25) is 17.8 Å². The highest BCUT2D eigenvalue weighted by atomic mass is 32.1. The predicted molar refractivity (Wildman–Crippen MR) is 208 cm³/mol. The van der Waals surface area contributed by atoms with Gasteiger partial charge < -0.3 is 29.7 Å². The Hall–Kier alpha value is -6.40. The van der Waals surface area contributed by atoms with E-state index in [-0.39, 0.29) is 36.5 Å². The van der Waals surface area contributed by atoms with Gasteiger partial charge >= 0.3 is 0 Å². The van der Waals surface area contributed by atoms with Crippen molar-refractivity contribution in [2.45, 2.75) is 46.8 Å². The molecule has 0 saturated carbocycles. The van der Waals surface area contributed by atoms with Gasteiger partial charge in [0.25, 0.3) is 11.8 Å². The average Bonchev–Trinajstić information content (AvgIpc) is 3.95. The third-order valence-electron chi connectivity index (χ3n) is 8.58. The maximum atomic E-state index is 13.6. The first-order valence-corrected chi connectivity index (χ1v) is 18.2. The molecule has 0 aliphatic heterocycles. The minimum Gasteiger partial charge on any atom is -0.494 e. The number of ether oxygens (including phenoxy) is 2. The number of primary amides is 1. The number of rotatable bonds is 17. The molecule has 0 radical (unpaired) electrons. The highest BCUT2D eigenvalue weighted by Crippen LogP contribution is 2.33. The van der Waals surface area contributed by atoms with Crippen LogP contribution in [0.25, 0.3) is 22.1 Å². The van der Waals surface area contributed by atoms with Crippen LogP contribution in [-0.2, 0) is 19.6 Å². The second kappa shape index (κ2) is 16.7. The number of nitrogens with two attached hydrogens (primary N) is 1. The number of methoxy groups -OCH3 is 1. The molecule has 6 rings (SSSR count). The summed E-state index contributed by atoms with van der Waals surface area (Å²) in [5, 5.41) is 13.3. The minimum absolute atomic E-state index is 0.193. The molecule has 0 spiro atoms. The van der Waals surface area contributed by atoms with Gasteiger partial charge in [-0.25, -0.2) is 9.97 Å². The van der Waals surface area contributed by atoms with Crippen LogP contribution in [-0.4, -0.2) is 84.6 Å². The fourth-order valence-corrected chi connectivity index (χ4v) is 6.71. The maximum absolute atomic E-state index is 13.6. The number of hydrogen-bond acceptors (Lipinski definition) is 12. The molecule has 2 aromatic carbocycles. The van der Waals surface area contributed by atoms with Crippen LogP contribution in [0.5, 0.6) is 11.5 Å². The van der Waals surface area contributed by atoms with Crippen LogP contribution in [0.1, 0.15) is 65.6 Å². The van der Waals surface area contributed by atoms with Gasteiger partial charge in [0.15, 0.2) is 0 Å². The molecule has 0 saturated heterocycles. The van der Waals surface area contributed by atoms with Gasteiger partial charge in [-0.15, -0.1) is 0 Å². The van der Waals surface area contributed by atoms with Gasteiger partial charge in [-0.3, -0.25) is 34.5 Å². The zero-order chi connectivity index (χ0) is 39.2. The van der Waals surface area contributed by atoms with Crippen molar-refractivity contribution in [1.29, 1.82) is 0 Å². The monoisotopic (exact) mass is 767 g/mol. The van der Waals surface area contributed by atoms with E-state index in [9.17, 15) is 19.2 Å². The van der Waals surface area contributed by atoms with Crippen LogP contribution in [0.4, 0.5) is 11.9 Å². The number of aryl methyl sites for hydroxylation is 3. The molecular formula is C37H41N11O6S. The van der Waals surface area contributed by atoms with Crippen molar-refractivity contribution in [1.82, 2.24) is 38.6 Å². The predicted octanol–water partition coefficient (Wildman–Crippen LogP) is 4.35. The zero-order valence-corrected chi connectivity index (χ0v) is 31.8. The zero-order valence-electron chi connectivity index (χ0n) is 31.0. The SMILES string of the molecule is CCn1nc(C)cc1C(=O)Nc1nc2cc(C(N)=O)cc(OC)c2n1C/C=C/Cn1c(NC(=O)c2cc(C)ns2)nc2cc(C=O)cc(OCCCNC)c21. The Bertz CT molecular complexity index is 2440. The molecular weight excluding hydrogens is 727 g/mol. The summed E-state index contributed by atoms with van der Waals surface area (Å²) in [4.78, 5) is 60.7. The van der Waals surface area contributed by atoms with Crippen molar-refractivity contribution in [2.24, 2.45) is 5.73 Å². The summed E-state index contributed by atoms with van der Waals surface area (Å²) in [7, 11) is 3.32. The van der Waals surface area contributed by atoms with Crippen LogP contribution < -0.4 is 31.2 Å². The number of nitrogens with zero attached hydrogens (tertiary/aromatic N) is 7. The number of imidazole rings is 2. The Kier molecular flexibility index (Phi) is 11.7. The van der Waals surface area contributed by atoms with Crippen LogP contribution in [0, 0.1) is 13.8 Å². The molecule has 17 nitrogen and oxygen atoms in total. The Morgan fingerprint density at radius 3 is 2.16 bits per heavy atom. The lowest BCUT2D eigenvalue weighted by molar-refractivity contribution is 0.0995. The normalized spacial score (nSPS) is 11.4. The van der Waals surface area contributed by atoms with Crippen molar-refractivity contribution in [3.8, 4) is 11.5 Å². The van der Waals surface area contributed by atoms with Gasteiger partial charge in [-0.1, -0.05) is 12.2 Å². The molecule has 0 atom stereocenters. The number of hydrogen-bond donors (Lipinski definition) is 4. The van der Waals surface area contributed by atoms with Gasteiger partial charge in [-0.05, 0) is 88.7 Å². The van der Waals surface area contributed by atoms with Gasteiger partial charge in [0.05, 0.1) is 36.1 Å². The molecule has 6 aromatic rings. The van der Waals surface area contributed by atoms with Crippen molar-refractivity contribution in [2.75, 3.05) is 37.9 Å². The summed E-state index contributed by atoms with van der Waals surface area (Å²) in [5.41, 5.74) is 9.88. The lowest BCUT2D eigenvalue weighted by Gasteiger charge is -2.13. The first-order chi connectivity index (χ1) is 26.5. The highest BCUT2D eigenvalue weighted by molar-refractivity contribution is 7.08. The number of amides is 3. The summed E-state index contributed by atoms with van der Waals surface area (Å²) in [5.74, 6) is -0.256. The average molecular weight is 768 g/mol. The van der Waals surface area contributed by atoms with Gasteiger partial charge in [0, 0.05) is 30.8 Å². The summed E-state index contributed by atoms with van der Waals surface area (Å²) in [6.07, 6.45) is 5.16. The molecule has 0 aliphatic rings.